The van der Waals surface area contributed by atoms with E-state index < -0.39 is 28.0 Å². The molecule has 0 unspecified atom stereocenters. The SMILES string of the molecule is CC(=O)N(C)C[C@H]1Oc2cc(-c3cccc(F)c3)ccc2S(=O)(=O)N([C@@H](C)CO)C[C@H]1C. The Morgan fingerprint density at radius 2 is 1.97 bits per heavy atom. The summed E-state index contributed by atoms with van der Waals surface area (Å²) in [7, 11) is -2.31. The van der Waals surface area contributed by atoms with E-state index >= 15 is 0 Å². The van der Waals surface area contributed by atoms with Gasteiger partial charge in [0, 0.05) is 32.5 Å². The van der Waals surface area contributed by atoms with Gasteiger partial charge in [0.05, 0.1) is 13.2 Å². The number of fused-ring (bicyclic) bond motifs is 1. The molecule has 2 aromatic carbocycles. The first-order chi connectivity index (χ1) is 15.0. The molecule has 1 aliphatic heterocycles. The molecular formula is C23H29FN2O5S. The average Bonchev–Trinajstić information content (AvgIpc) is 2.75. The molecular weight excluding hydrogens is 435 g/mol. The number of ether oxygens (including phenoxy) is 1. The number of benzene rings is 2. The Hall–Kier alpha value is -2.49. The molecule has 0 radical (unpaired) electrons. The highest BCUT2D eigenvalue weighted by Crippen LogP contribution is 2.36. The van der Waals surface area contributed by atoms with Crippen LogP contribution in [0.4, 0.5) is 4.39 Å². The van der Waals surface area contributed by atoms with E-state index in [4.69, 9.17) is 4.74 Å². The van der Waals surface area contributed by atoms with Crippen LogP contribution in [0.5, 0.6) is 5.75 Å². The Kier molecular flexibility index (Phi) is 7.22. The van der Waals surface area contributed by atoms with Crippen molar-refractivity contribution in [3.8, 4) is 16.9 Å². The Labute approximate surface area is 188 Å². The van der Waals surface area contributed by atoms with Crippen LogP contribution in [-0.4, -0.2) is 67.5 Å². The zero-order valence-electron chi connectivity index (χ0n) is 18.7. The Morgan fingerprint density at radius 1 is 1.28 bits per heavy atom. The summed E-state index contributed by atoms with van der Waals surface area (Å²) in [5.74, 6) is -0.674. The molecule has 9 heteroatoms. The van der Waals surface area contributed by atoms with Crippen molar-refractivity contribution in [2.24, 2.45) is 5.92 Å². The van der Waals surface area contributed by atoms with Crippen LogP contribution in [0.2, 0.25) is 0 Å². The van der Waals surface area contributed by atoms with Gasteiger partial charge in [0.1, 0.15) is 22.6 Å². The largest absolute Gasteiger partial charge is 0.487 e. The summed E-state index contributed by atoms with van der Waals surface area (Å²) < 4.78 is 48.2. The predicted octanol–water partition coefficient (Wildman–Crippen LogP) is 2.74. The minimum absolute atomic E-state index is 0.0275. The van der Waals surface area contributed by atoms with Gasteiger partial charge < -0.3 is 14.7 Å². The number of hydrogen-bond acceptors (Lipinski definition) is 5. The minimum atomic E-state index is -3.97. The van der Waals surface area contributed by atoms with Gasteiger partial charge in [0.25, 0.3) is 0 Å². The van der Waals surface area contributed by atoms with Crippen molar-refractivity contribution >= 4 is 15.9 Å². The molecule has 7 nitrogen and oxygen atoms in total. The fraction of sp³-hybridized carbons (Fsp3) is 0.435. The van der Waals surface area contributed by atoms with Gasteiger partial charge in [-0.3, -0.25) is 4.79 Å². The second-order valence-electron chi connectivity index (χ2n) is 8.31. The third-order valence-electron chi connectivity index (χ3n) is 5.82. The molecule has 0 spiro atoms. The number of amides is 1. The van der Waals surface area contributed by atoms with Gasteiger partial charge in [-0.1, -0.05) is 25.1 Å². The molecule has 0 saturated heterocycles. The highest BCUT2D eigenvalue weighted by Gasteiger charge is 2.38. The highest BCUT2D eigenvalue weighted by atomic mass is 32.2. The number of rotatable bonds is 5. The molecule has 1 heterocycles. The Bertz CT molecular complexity index is 1090. The number of sulfonamides is 1. The molecule has 32 heavy (non-hydrogen) atoms. The fourth-order valence-corrected chi connectivity index (χ4v) is 5.52. The van der Waals surface area contributed by atoms with E-state index in [0.29, 0.717) is 11.1 Å². The molecule has 0 aliphatic carbocycles. The summed E-state index contributed by atoms with van der Waals surface area (Å²) in [6.07, 6.45) is -0.491. The van der Waals surface area contributed by atoms with Crippen LogP contribution < -0.4 is 4.74 Å². The molecule has 1 amide bonds. The molecule has 0 saturated carbocycles. The van der Waals surface area contributed by atoms with Gasteiger partial charge in [0.15, 0.2) is 0 Å². The molecule has 2 aromatic rings. The van der Waals surface area contributed by atoms with E-state index in [2.05, 4.69) is 0 Å². The number of carbonyl (C=O) groups excluding carboxylic acids is 1. The lowest BCUT2D eigenvalue weighted by Gasteiger charge is -2.37. The number of hydrogen-bond donors (Lipinski definition) is 1. The number of aliphatic hydroxyl groups is 1. The highest BCUT2D eigenvalue weighted by molar-refractivity contribution is 7.89. The molecule has 3 atom stereocenters. The average molecular weight is 465 g/mol. The van der Waals surface area contributed by atoms with Gasteiger partial charge in [0.2, 0.25) is 15.9 Å². The summed E-state index contributed by atoms with van der Waals surface area (Å²) in [4.78, 5) is 13.3. The van der Waals surface area contributed by atoms with Crippen LogP contribution in [0.1, 0.15) is 20.8 Å². The topological polar surface area (TPSA) is 87.2 Å². The van der Waals surface area contributed by atoms with E-state index in [-0.39, 0.29) is 42.2 Å². The number of aliphatic hydroxyl groups excluding tert-OH is 1. The normalized spacial score (nSPS) is 21.6. The van der Waals surface area contributed by atoms with Crippen LogP contribution in [-0.2, 0) is 14.8 Å². The first-order valence-electron chi connectivity index (χ1n) is 10.5. The van der Waals surface area contributed by atoms with Crippen LogP contribution >= 0.6 is 0 Å². The van der Waals surface area contributed by atoms with Crippen molar-refractivity contribution in [3.05, 3.63) is 48.3 Å². The van der Waals surface area contributed by atoms with Crippen molar-refractivity contribution in [1.29, 1.82) is 0 Å². The summed E-state index contributed by atoms with van der Waals surface area (Å²) >= 11 is 0. The summed E-state index contributed by atoms with van der Waals surface area (Å²) in [6.45, 7) is 5.01. The molecule has 0 bridgehead atoms. The lowest BCUT2D eigenvalue weighted by Crippen LogP contribution is -2.50. The molecule has 1 aliphatic rings. The van der Waals surface area contributed by atoms with E-state index in [1.807, 2.05) is 6.92 Å². The van der Waals surface area contributed by atoms with Crippen LogP contribution in [0.25, 0.3) is 11.1 Å². The maximum atomic E-state index is 13.8. The van der Waals surface area contributed by atoms with E-state index in [1.165, 1.54) is 34.3 Å². The third kappa shape index (κ3) is 4.95. The van der Waals surface area contributed by atoms with Crippen LogP contribution in [0, 0.1) is 11.7 Å². The molecule has 174 valence electrons. The summed E-state index contributed by atoms with van der Waals surface area (Å²) in [5, 5.41) is 9.69. The minimum Gasteiger partial charge on any atom is -0.487 e. The van der Waals surface area contributed by atoms with Crippen molar-refractivity contribution < 1.29 is 27.4 Å². The van der Waals surface area contributed by atoms with E-state index in [9.17, 15) is 22.7 Å². The van der Waals surface area contributed by atoms with Gasteiger partial charge in [-0.25, -0.2) is 12.8 Å². The maximum Gasteiger partial charge on any atom is 0.247 e. The molecule has 0 aromatic heterocycles. The summed E-state index contributed by atoms with van der Waals surface area (Å²) in [6, 6.07) is 10.0. The van der Waals surface area contributed by atoms with Crippen molar-refractivity contribution in [1.82, 2.24) is 9.21 Å². The summed E-state index contributed by atoms with van der Waals surface area (Å²) in [5.41, 5.74) is 1.19. The van der Waals surface area contributed by atoms with Crippen LogP contribution in [0.3, 0.4) is 0 Å². The molecule has 0 fully saturated rings. The maximum absolute atomic E-state index is 13.8. The second kappa shape index (κ2) is 9.56. The number of nitrogens with zero attached hydrogens (tertiary/aromatic N) is 2. The van der Waals surface area contributed by atoms with Gasteiger partial charge in [-0.15, -0.1) is 0 Å². The lowest BCUT2D eigenvalue weighted by atomic mass is 10.0. The van der Waals surface area contributed by atoms with E-state index in [0.717, 1.165) is 0 Å². The van der Waals surface area contributed by atoms with Crippen molar-refractivity contribution in [2.45, 2.75) is 37.8 Å². The first kappa shape index (κ1) is 24.2. The zero-order valence-corrected chi connectivity index (χ0v) is 19.5. The van der Waals surface area contributed by atoms with Crippen LogP contribution in [0.15, 0.2) is 47.4 Å². The standard InChI is InChI=1S/C23H29FN2O5S/c1-15-12-26(16(2)14-27)32(29,30)23-9-8-19(18-6-5-7-20(24)10-18)11-21(23)31-22(15)13-25(4)17(3)28/h5-11,15-16,22,27H,12-14H2,1-4H3/t15-,16+,22-/m1/s1. The van der Waals surface area contributed by atoms with E-state index in [1.54, 1.807) is 38.2 Å². The molecule has 1 N–H and O–H groups in total. The number of carbonyl (C=O) groups is 1. The number of likely N-dealkylation sites (N-methyl/N-ethyl adjacent to an activating group) is 1. The van der Waals surface area contributed by atoms with Crippen molar-refractivity contribution in [2.75, 3.05) is 26.7 Å². The molecule has 3 rings (SSSR count). The quantitative estimate of drug-likeness (QED) is 0.735. The number of halogens is 1. The fourth-order valence-electron chi connectivity index (χ4n) is 3.69. The Morgan fingerprint density at radius 3 is 2.59 bits per heavy atom. The predicted molar refractivity (Wildman–Crippen MR) is 119 cm³/mol. The van der Waals surface area contributed by atoms with Gasteiger partial charge >= 0.3 is 0 Å². The monoisotopic (exact) mass is 464 g/mol. The smallest absolute Gasteiger partial charge is 0.247 e. The first-order valence-corrected chi connectivity index (χ1v) is 11.9. The van der Waals surface area contributed by atoms with Crippen molar-refractivity contribution in [3.63, 3.8) is 0 Å². The third-order valence-corrected chi connectivity index (χ3v) is 7.84. The van der Waals surface area contributed by atoms with Gasteiger partial charge in [-0.2, -0.15) is 4.31 Å². The Balaban J connectivity index is 2.14. The lowest BCUT2D eigenvalue weighted by molar-refractivity contribution is -0.129. The second-order valence-corrected chi connectivity index (χ2v) is 10.2. The zero-order chi connectivity index (χ0) is 23.6. The van der Waals surface area contributed by atoms with Gasteiger partial charge in [-0.05, 0) is 42.3 Å².